The molecular weight excluding hydrogens is 216 g/mol. The first-order valence-corrected chi connectivity index (χ1v) is 6.22. The number of hydrogen-bond acceptors (Lipinski definition) is 2. The van der Waals surface area contributed by atoms with Crippen LogP contribution < -0.4 is 5.56 Å². The number of rotatable bonds is 2. The molecule has 0 aromatic carbocycles. The van der Waals surface area contributed by atoms with Crippen molar-refractivity contribution in [3.63, 3.8) is 0 Å². The van der Waals surface area contributed by atoms with Gasteiger partial charge in [-0.05, 0) is 31.7 Å². The summed E-state index contributed by atoms with van der Waals surface area (Å²) < 4.78 is 0. The Hall–Kier alpha value is -1.58. The zero-order chi connectivity index (χ0) is 12.3. The molecule has 1 aromatic rings. The first kappa shape index (κ1) is 11.9. The molecule has 17 heavy (non-hydrogen) atoms. The van der Waals surface area contributed by atoms with Crippen molar-refractivity contribution in [3.05, 3.63) is 34.2 Å². The summed E-state index contributed by atoms with van der Waals surface area (Å²) in [6, 6.07) is 3.35. The van der Waals surface area contributed by atoms with Crippen molar-refractivity contribution in [2.24, 2.45) is 0 Å². The lowest BCUT2D eigenvalue weighted by Crippen LogP contribution is -2.43. The molecule has 0 spiro atoms. The summed E-state index contributed by atoms with van der Waals surface area (Å²) in [6.45, 7) is 2.94. The van der Waals surface area contributed by atoms with E-state index >= 15 is 0 Å². The van der Waals surface area contributed by atoms with Gasteiger partial charge < -0.3 is 9.88 Å². The number of piperidine rings is 1. The highest BCUT2D eigenvalue weighted by Gasteiger charge is 2.25. The van der Waals surface area contributed by atoms with Crippen molar-refractivity contribution in [3.8, 4) is 0 Å². The second-order valence-corrected chi connectivity index (χ2v) is 4.50. The van der Waals surface area contributed by atoms with E-state index in [1.165, 1.54) is 18.7 Å². The Bertz CT molecular complexity index is 432. The lowest BCUT2D eigenvalue weighted by Gasteiger charge is -2.35. The number of carbonyl (C=O) groups excluding carboxylic acids is 1. The summed E-state index contributed by atoms with van der Waals surface area (Å²) in [6.07, 6.45) is 5.87. The van der Waals surface area contributed by atoms with Crippen LogP contribution in [0.4, 0.5) is 0 Å². The number of carbonyl (C=O) groups is 1. The van der Waals surface area contributed by atoms with Crippen LogP contribution in [0.15, 0.2) is 23.1 Å². The minimum Gasteiger partial charge on any atom is -0.336 e. The Morgan fingerprint density at radius 3 is 2.94 bits per heavy atom. The van der Waals surface area contributed by atoms with Crippen molar-refractivity contribution < 1.29 is 4.79 Å². The zero-order valence-corrected chi connectivity index (χ0v) is 10.1. The fourth-order valence-electron chi connectivity index (χ4n) is 2.40. The molecule has 92 valence electrons. The first-order valence-electron chi connectivity index (χ1n) is 6.22. The van der Waals surface area contributed by atoms with Gasteiger partial charge >= 0.3 is 0 Å². The van der Waals surface area contributed by atoms with Crippen molar-refractivity contribution in [2.45, 2.75) is 38.6 Å². The highest BCUT2D eigenvalue weighted by atomic mass is 16.2. The van der Waals surface area contributed by atoms with Crippen LogP contribution in [-0.2, 0) is 0 Å². The van der Waals surface area contributed by atoms with Gasteiger partial charge in [0.25, 0.3) is 5.91 Å². The van der Waals surface area contributed by atoms with Gasteiger partial charge in [0.05, 0.1) is 5.56 Å². The van der Waals surface area contributed by atoms with Crippen LogP contribution in [-0.4, -0.2) is 28.4 Å². The molecule has 0 bridgehead atoms. The predicted molar refractivity (Wildman–Crippen MR) is 66.0 cm³/mol. The average molecular weight is 234 g/mol. The molecule has 1 aliphatic rings. The van der Waals surface area contributed by atoms with Gasteiger partial charge in [0.2, 0.25) is 5.56 Å². The number of H-pyrrole nitrogens is 1. The predicted octanol–water partition coefficient (Wildman–Crippen LogP) is 1.78. The van der Waals surface area contributed by atoms with Crippen LogP contribution >= 0.6 is 0 Å². The van der Waals surface area contributed by atoms with Gasteiger partial charge in [-0.15, -0.1) is 0 Å². The van der Waals surface area contributed by atoms with E-state index in [1.54, 1.807) is 6.07 Å². The van der Waals surface area contributed by atoms with Gasteiger partial charge in [0.15, 0.2) is 0 Å². The molecule has 0 aliphatic carbocycles. The van der Waals surface area contributed by atoms with E-state index in [0.717, 1.165) is 25.8 Å². The molecule has 4 heteroatoms. The molecule has 2 heterocycles. The number of nitrogens with one attached hydrogen (secondary N) is 1. The van der Waals surface area contributed by atoms with Gasteiger partial charge in [0.1, 0.15) is 0 Å². The third-order valence-corrected chi connectivity index (χ3v) is 3.39. The van der Waals surface area contributed by atoms with Crippen molar-refractivity contribution in [1.29, 1.82) is 0 Å². The smallest absolute Gasteiger partial charge is 0.255 e. The maximum atomic E-state index is 12.3. The molecular formula is C13H18N2O2. The maximum Gasteiger partial charge on any atom is 0.255 e. The third kappa shape index (κ3) is 2.57. The fourth-order valence-corrected chi connectivity index (χ4v) is 2.40. The van der Waals surface area contributed by atoms with Crippen LogP contribution in [0, 0.1) is 0 Å². The van der Waals surface area contributed by atoms with Gasteiger partial charge in [-0.1, -0.05) is 6.92 Å². The number of hydrogen-bond donors (Lipinski definition) is 1. The van der Waals surface area contributed by atoms with Crippen molar-refractivity contribution in [2.75, 3.05) is 6.54 Å². The third-order valence-electron chi connectivity index (χ3n) is 3.39. The lowest BCUT2D eigenvalue weighted by molar-refractivity contribution is 0.0607. The molecule has 2 rings (SSSR count). The first-order chi connectivity index (χ1) is 8.22. The summed E-state index contributed by atoms with van der Waals surface area (Å²) in [5.41, 5.74) is 0.400. The molecule has 0 saturated carbocycles. The molecule has 1 fully saturated rings. The highest BCUT2D eigenvalue weighted by molar-refractivity contribution is 5.94. The average Bonchev–Trinajstić information content (AvgIpc) is 2.39. The molecule has 1 aromatic heterocycles. The van der Waals surface area contributed by atoms with Crippen molar-refractivity contribution >= 4 is 5.91 Å². The Morgan fingerprint density at radius 2 is 2.29 bits per heavy atom. The monoisotopic (exact) mass is 234 g/mol. The van der Waals surface area contributed by atoms with E-state index in [4.69, 9.17) is 0 Å². The molecule has 1 unspecified atom stereocenters. The van der Waals surface area contributed by atoms with Gasteiger partial charge in [-0.2, -0.15) is 0 Å². The normalized spacial score (nSPS) is 20.3. The summed E-state index contributed by atoms with van der Waals surface area (Å²) in [4.78, 5) is 27.7. The molecule has 1 amide bonds. The molecule has 1 aliphatic heterocycles. The van der Waals surface area contributed by atoms with E-state index in [2.05, 4.69) is 11.9 Å². The van der Waals surface area contributed by atoms with Crippen LogP contribution in [0.2, 0.25) is 0 Å². The zero-order valence-electron chi connectivity index (χ0n) is 10.1. The highest BCUT2D eigenvalue weighted by Crippen LogP contribution is 2.21. The van der Waals surface area contributed by atoms with Crippen LogP contribution in [0.1, 0.15) is 43.0 Å². The van der Waals surface area contributed by atoms with E-state index in [1.807, 2.05) is 4.90 Å². The Labute approximate surface area is 101 Å². The fraction of sp³-hybridized carbons (Fsp3) is 0.538. The molecule has 1 atom stereocenters. The van der Waals surface area contributed by atoms with Gasteiger partial charge in [-0.3, -0.25) is 9.59 Å². The lowest BCUT2D eigenvalue weighted by atomic mass is 9.99. The molecule has 4 nitrogen and oxygen atoms in total. The number of aromatic nitrogens is 1. The minimum absolute atomic E-state index is 0.0350. The van der Waals surface area contributed by atoms with E-state index in [-0.39, 0.29) is 11.5 Å². The second-order valence-electron chi connectivity index (χ2n) is 4.50. The maximum absolute atomic E-state index is 12.3. The Kier molecular flexibility index (Phi) is 3.61. The molecule has 1 N–H and O–H groups in total. The second kappa shape index (κ2) is 5.17. The van der Waals surface area contributed by atoms with Crippen LogP contribution in [0.25, 0.3) is 0 Å². The van der Waals surface area contributed by atoms with Gasteiger partial charge in [0, 0.05) is 24.8 Å². The summed E-state index contributed by atoms with van der Waals surface area (Å²) >= 11 is 0. The van der Waals surface area contributed by atoms with Gasteiger partial charge in [-0.25, -0.2) is 0 Å². The quantitative estimate of drug-likeness (QED) is 0.848. The number of pyridine rings is 1. The minimum atomic E-state index is -0.174. The largest absolute Gasteiger partial charge is 0.336 e. The summed E-state index contributed by atoms with van der Waals surface area (Å²) in [5, 5.41) is 0. The standard InChI is InChI=1S/C13H18N2O2/c1-2-11-5-3-4-8-15(11)13(17)10-6-7-12(16)14-9-10/h6-7,9,11H,2-5,8H2,1H3,(H,14,16). The Balaban J connectivity index is 2.18. The van der Waals surface area contributed by atoms with Crippen molar-refractivity contribution in [1.82, 2.24) is 9.88 Å². The number of amides is 1. The number of nitrogens with zero attached hydrogens (tertiary/aromatic N) is 1. The molecule has 1 saturated heterocycles. The Morgan fingerprint density at radius 1 is 1.47 bits per heavy atom. The SMILES string of the molecule is CCC1CCCCN1C(=O)c1ccc(=O)[nH]c1. The van der Waals surface area contributed by atoms with E-state index in [9.17, 15) is 9.59 Å². The summed E-state index contributed by atoms with van der Waals surface area (Å²) in [7, 11) is 0. The summed E-state index contributed by atoms with van der Waals surface area (Å²) in [5.74, 6) is 0.0350. The van der Waals surface area contributed by atoms with Crippen LogP contribution in [0.5, 0.6) is 0 Å². The number of likely N-dealkylation sites (tertiary alicyclic amines) is 1. The van der Waals surface area contributed by atoms with E-state index in [0.29, 0.717) is 11.6 Å². The topological polar surface area (TPSA) is 53.2 Å². The van der Waals surface area contributed by atoms with Crippen LogP contribution in [0.3, 0.4) is 0 Å². The number of aromatic amines is 1. The van der Waals surface area contributed by atoms with E-state index < -0.39 is 0 Å². The molecule has 0 radical (unpaired) electrons.